The molecule has 4 heteroatoms. The summed E-state index contributed by atoms with van der Waals surface area (Å²) in [6.45, 7) is 5.15. The lowest BCUT2D eigenvalue weighted by molar-refractivity contribution is -0.142. The number of hydrogen-bond acceptors (Lipinski definition) is 3. The molecule has 0 aromatic rings. The van der Waals surface area contributed by atoms with Gasteiger partial charge >= 0.3 is 5.97 Å². The Labute approximate surface area is 77.8 Å². The fourth-order valence-electron chi connectivity index (χ4n) is 1.36. The molecule has 1 fully saturated rings. The first kappa shape index (κ1) is 10.5. The van der Waals surface area contributed by atoms with Crippen molar-refractivity contribution in [2.24, 2.45) is 5.41 Å². The van der Waals surface area contributed by atoms with Gasteiger partial charge in [0.15, 0.2) is 6.29 Å². The zero-order chi connectivity index (χ0) is 9.90. The lowest BCUT2D eigenvalue weighted by Crippen LogP contribution is -2.30. The third kappa shape index (κ3) is 2.97. The van der Waals surface area contributed by atoms with Crippen LogP contribution in [0.25, 0.3) is 0 Å². The summed E-state index contributed by atoms with van der Waals surface area (Å²) >= 11 is 0. The molecule has 0 bridgehead atoms. The van der Waals surface area contributed by atoms with E-state index >= 15 is 0 Å². The summed E-state index contributed by atoms with van der Waals surface area (Å²) in [5, 5.41) is 8.54. The number of rotatable bonds is 4. The van der Waals surface area contributed by atoms with Crippen molar-refractivity contribution in [3.8, 4) is 0 Å². The van der Waals surface area contributed by atoms with Gasteiger partial charge in [-0.2, -0.15) is 0 Å². The number of ether oxygens (including phenoxy) is 2. The highest BCUT2D eigenvalue weighted by Gasteiger charge is 2.34. The average Bonchev–Trinajstić information content (AvgIpc) is 2.53. The van der Waals surface area contributed by atoms with Crippen LogP contribution in [0, 0.1) is 5.41 Å². The number of hydrogen-bond donors (Lipinski definition) is 1. The van der Waals surface area contributed by atoms with E-state index in [1.54, 1.807) is 0 Å². The van der Waals surface area contributed by atoms with Gasteiger partial charge in [0.25, 0.3) is 0 Å². The maximum atomic E-state index is 10.4. The van der Waals surface area contributed by atoms with Crippen LogP contribution in [-0.2, 0) is 14.3 Å². The fraction of sp³-hybridized carbons (Fsp3) is 0.889. The van der Waals surface area contributed by atoms with E-state index in [4.69, 9.17) is 14.6 Å². The molecule has 0 atom stereocenters. The van der Waals surface area contributed by atoms with Crippen molar-refractivity contribution in [1.29, 1.82) is 0 Å². The van der Waals surface area contributed by atoms with Crippen LogP contribution >= 0.6 is 0 Å². The van der Waals surface area contributed by atoms with E-state index in [-0.39, 0.29) is 18.1 Å². The number of carboxylic acid groups (broad SMARTS) is 1. The van der Waals surface area contributed by atoms with Gasteiger partial charge in [0, 0.05) is 11.8 Å². The molecule has 4 nitrogen and oxygen atoms in total. The summed E-state index contributed by atoms with van der Waals surface area (Å²) in [6.07, 6.45) is 0.496. The maximum Gasteiger partial charge on any atom is 0.303 e. The molecular formula is C9H16O4. The lowest BCUT2D eigenvalue weighted by atomic mass is 9.87. The molecule has 1 saturated heterocycles. The highest BCUT2D eigenvalue weighted by Crippen LogP contribution is 2.31. The Morgan fingerprint density at radius 1 is 1.46 bits per heavy atom. The van der Waals surface area contributed by atoms with Crippen LogP contribution in [0.4, 0.5) is 0 Å². The average molecular weight is 188 g/mol. The van der Waals surface area contributed by atoms with Crippen molar-refractivity contribution < 1.29 is 19.4 Å². The smallest absolute Gasteiger partial charge is 0.303 e. The first-order valence-corrected chi connectivity index (χ1v) is 4.47. The standard InChI is InChI=1S/C9H16O4/c1-9(2,4-3-7(10)11)8-12-5-6-13-8/h8H,3-6H2,1-2H3,(H,10,11). The minimum absolute atomic E-state index is 0.163. The molecule has 0 aromatic carbocycles. The normalized spacial score (nSPS) is 19.2. The molecule has 0 aliphatic carbocycles. The van der Waals surface area contributed by atoms with Crippen molar-refractivity contribution in [2.75, 3.05) is 13.2 Å². The molecule has 0 aromatic heterocycles. The SMILES string of the molecule is CC(C)(CCC(=O)O)C1OCCO1. The third-order valence-electron chi connectivity index (χ3n) is 2.24. The molecule has 13 heavy (non-hydrogen) atoms. The van der Waals surface area contributed by atoms with E-state index in [0.717, 1.165) is 0 Å². The minimum atomic E-state index is -0.772. The topological polar surface area (TPSA) is 55.8 Å². The third-order valence-corrected chi connectivity index (χ3v) is 2.24. The summed E-state index contributed by atoms with van der Waals surface area (Å²) in [5.41, 5.74) is -0.213. The van der Waals surface area contributed by atoms with E-state index in [2.05, 4.69) is 0 Å². The van der Waals surface area contributed by atoms with Crippen LogP contribution in [0.1, 0.15) is 26.7 Å². The highest BCUT2D eigenvalue weighted by molar-refractivity contribution is 5.66. The van der Waals surface area contributed by atoms with E-state index in [0.29, 0.717) is 19.6 Å². The Balaban J connectivity index is 2.39. The van der Waals surface area contributed by atoms with Crippen LogP contribution in [0.2, 0.25) is 0 Å². The summed E-state index contributed by atoms with van der Waals surface area (Å²) in [5.74, 6) is -0.772. The predicted octanol–water partition coefficient (Wildman–Crippen LogP) is 1.25. The second kappa shape index (κ2) is 4.07. The van der Waals surface area contributed by atoms with Crippen LogP contribution in [-0.4, -0.2) is 30.6 Å². The van der Waals surface area contributed by atoms with Crippen molar-refractivity contribution in [2.45, 2.75) is 33.0 Å². The largest absolute Gasteiger partial charge is 0.481 e. The quantitative estimate of drug-likeness (QED) is 0.721. The molecule has 76 valence electrons. The summed E-state index contributed by atoms with van der Waals surface area (Å²) < 4.78 is 10.7. The molecule has 0 amide bonds. The van der Waals surface area contributed by atoms with Gasteiger partial charge in [-0.3, -0.25) is 4.79 Å². The summed E-state index contributed by atoms with van der Waals surface area (Å²) in [6, 6.07) is 0. The molecule has 1 heterocycles. The molecule has 0 spiro atoms. The Bertz CT molecular complexity index is 182. The van der Waals surface area contributed by atoms with E-state index < -0.39 is 5.97 Å². The van der Waals surface area contributed by atoms with Gasteiger partial charge in [-0.15, -0.1) is 0 Å². The zero-order valence-electron chi connectivity index (χ0n) is 8.08. The van der Waals surface area contributed by atoms with Crippen molar-refractivity contribution in [1.82, 2.24) is 0 Å². The molecule has 0 radical (unpaired) electrons. The van der Waals surface area contributed by atoms with E-state index in [9.17, 15) is 4.79 Å². The monoisotopic (exact) mass is 188 g/mol. The Morgan fingerprint density at radius 2 is 2.00 bits per heavy atom. The van der Waals surface area contributed by atoms with Crippen molar-refractivity contribution >= 4 is 5.97 Å². The minimum Gasteiger partial charge on any atom is -0.481 e. The first-order valence-electron chi connectivity index (χ1n) is 4.47. The van der Waals surface area contributed by atoms with Crippen LogP contribution < -0.4 is 0 Å². The molecule has 1 aliphatic heterocycles. The first-order chi connectivity index (χ1) is 6.02. The molecular weight excluding hydrogens is 172 g/mol. The van der Waals surface area contributed by atoms with Gasteiger partial charge in [0.05, 0.1) is 13.2 Å². The van der Waals surface area contributed by atoms with Crippen molar-refractivity contribution in [3.05, 3.63) is 0 Å². The zero-order valence-corrected chi connectivity index (χ0v) is 8.08. The van der Waals surface area contributed by atoms with Crippen LogP contribution in [0.5, 0.6) is 0 Å². The molecule has 0 saturated carbocycles. The fourth-order valence-corrected chi connectivity index (χ4v) is 1.36. The van der Waals surface area contributed by atoms with E-state index in [1.807, 2.05) is 13.8 Å². The van der Waals surface area contributed by atoms with Gasteiger partial charge in [-0.25, -0.2) is 0 Å². The Hall–Kier alpha value is -0.610. The van der Waals surface area contributed by atoms with Crippen molar-refractivity contribution in [3.63, 3.8) is 0 Å². The van der Waals surface area contributed by atoms with Crippen LogP contribution in [0.3, 0.4) is 0 Å². The van der Waals surface area contributed by atoms with Gasteiger partial charge in [0.1, 0.15) is 0 Å². The van der Waals surface area contributed by atoms with Gasteiger partial charge in [-0.05, 0) is 6.42 Å². The molecule has 0 unspecified atom stereocenters. The van der Waals surface area contributed by atoms with Gasteiger partial charge in [0.2, 0.25) is 0 Å². The summed E-state index contributed by atoms with van der Waals surface area (Å²) in [4.78, 5) is 10.4. The summed E-state index contributed by atoms with van der Waals surface area (Å²) in [7, 11) is 0. The molecule has 1 aliphatic rings. The number of carbonyl (C=O) groups is 1. The van der Waals surface area contributed by atoms with E-state index in [1.165, 1.54) is 0 Å². The highest BCUT2D eigenvalue weighted by atomic mass is 16.7. The molecule has 1 N–H and O–H groups in total. The van der Waals surface area contributed by atoms with Gasteiger partial charge in [-0.1, -0.05) is 13.8 Å². The lowest BCUT2D eigenvalue weighted by Gasteiger charge is -2.28. The van der Waals surface area contributed by atoms with Gasteiger partial charge < -0.3 is 14.6 Å². The number of carboxylic acids is 1. The Morgan fingerprint density at radius 3 is 2.46 bits per heavy atom. The Kier molecular flexibility index (Phi) is 3.27. The second-order valence-corrected chi connectivity index (χ2v) is 3.96. The predicted molar refractivity (Wildman–Crippen MR) is 46.3 cm³/mol. The molecule has 1 rings (SSSR count). The second-order valence-electron chi connectivity index (χ2n) is 3.96. The van der Waals surface area contributed by atoms with Crippen LogP contribution in [0.15, 0.2) is 0 Å². The number of aliphatic carboxylic acids is 1. The maximum absolute atomic E-state index is 10.4.